The fraction of sp³-hybridized carbons (Fsp3) is 0.200. The van der Waals surface area contributed by atoms with Crippen LogP contribution in [0.2, 0.25) is 0 Å². The van der Waals surface area contributed by atoms with Gasteiger partial charge in [0.2, 0.25) is 0 Å². The van der Waals surface area contributed by atoms with Crippen LogP contribution in [0, 0.1) is 6.20 Å². The molecule has 4 nitrogen and oxygen atoms in total. The van der Waals surface area contributed by atoms with Crippen molar-refractivity contribution >= 4 is 40.8 Å². The predicted molar refractivity (Wildman–Crippen MR) is 39.8 cm³/mol. The molecule has 0 bridgehead atoms. The van der Waals surface area contributed by atoms with Crippen LogP contribution >= 0.6 is 15.9 Å². The summed E-state index contributed by atoms with van der Waals surface area (Å²) in [6.45, 7) is 0. The van der Waals surface area contributed by atoms with Crippen molar-refractivity contribution in [1.29, 1.82) is 0 Å². The Morgan fingerprint density at radius 3 is 2.42 bits per heavy atom. The molecule has 54 valence electrons. The van der Waals surface area contributed by atoms with Gasteiger partial charge in [-0.25, -0.2) is 4.98 Å². The van der Waals surface area contributed by atoms with Crippen LogP contribution in [0.3, 0.4) is 0 Å². The van der Waals surface area contributed by atoms with E-state index in [9.17, 15) is 9.90 Å². The van der Waals surface area contributed by atoms with E-state index in [-0.39, 0.29) is 43.5 Å². The molecule has 0 aliphatic rings. The summed E-state index contributed by atoms with van der Waals surface area (Å²) < 4.78 is 1.62. The number of aromatic carboxylic acids is 1. The van der Waals surface area contributed by atoms with Gasteiger partial charge in [-0.05, 0) is 15.9 Å². The monoisotopic (exact) mass is 216 g/mol. The Balaban J connectivity index is 0. The second-order valence-electron chi connectivity index (χ2n) is 1.68. The van der Waals surface area contributed by atoms with Crippen molar-refractivity contribution in [2.45, 2.75) is 0 Å². The van der Waals surface area contributed by atoms with E-state index in [1.165, 1.54) is 11.6 Å². The van der Waals surface area contributed by atoms with Crippen LogP contribution in [0.25, 0.3) is 0 Å². The maximum Gasteiger partial charge on any atom is 1.00 e. The summed E-state index contributed by atoms with van der Waals surface area (Å²) in [5.74, 6) is -1.43. The Labute approximate surface area is 102 Å². The molecule has 1 aromatic rings. The van der Waals surface area contributed by atoms with Gasteiger partial charge in [0, 0.05) is 25.9 Å². The number of nitrogens with zero attached hydrogens (tertiary/aromatic N) is 2. The fourth-order valence-electron chi connectivity index (χ4n) is 0.567. The van der Waals surface area contributed by atoms with Crippen molar-refractivity contribution in [1.82, 2.24) is 9.55 Å². The Morgan fingerprint density at radius 1 is 1.75 bits per heavy atom. The molecule has 0 aliphatic carbocycles. The van der Waals surface area contributed by atoms with Crippen LogP contribution in [0.15, 0.2) is 4.60 Å². The first kappa shape index (κ1) is 14.9. The van der Waals surface area contributed by atoms with Gasteiger partial charge in [0.25, 0.3) is 0 Å². The van der Waals surface area contributed by atoms with Gasteiger partial charge in [0.1, 0.15) is 16.8 Å². The number of rotatable bonds is 1. The van der Waals surface area contributed by atoms with Gasteiger partial charge in [0.05, 0.1) is 0 Å². The standard InChI is InChI=1S/C5H4BrN2O2.2Li/c1-8-2-3(6)7-4(8)5(9)10;;/h1H3,(H,9,10);;/q;;+1/p-1. The molecule has 1 aromatic heterocycles. The average molecular weight is 217 g/mol. The second kappa shape index (κ2) is 5.91. The summed E-state index contributed by atoms with van der Waals surface area (Å²) in [5.41, 5.74) is 0. The Morgan fingerprint density at radius 2 is 2.25 bits per heavy atom. The largest absolute Gasteiger partial charge is 1.00 e. The van der Waals surface area contributed by atoms with Gasteiger partial charge in [0.15, 0.2) is 5.82 Å². The Kier molecular flexibility index (Phi) is 7.31. The first-order valence-corrected chi connectivity index (χ1v) is 3.23. The van der Waals surface area contributed by atoms with Gasteiger partial charge in [-0.1, -0.05) is 0 Å². The zero-order chi connectivity index (χ0) is 7.72. The predicted octanol–water partition coefficient (Wildman–Crippen LogP) is -4.03. The van der Waals surface area contributed by atoms with Crippen molar-refractivity contribution in [2.24, 2.45) is 7.05 Å². The second-order valence-corrected chi connectivity index (χ2v) is 2.44. The summed E-state index contributed by atoms with van der Waals surface area (Å²) in [6, 6.07) is 0. The molecule has 0 fully saturated rings. The maximum atomic E-state index is 10.2. The molecule has 0 saturated carbocycles. The minimum atomic E-state index is -1.30. The molecule has 0 atom stereocenters. The minimum Gasteiger partial charge on any atom is -0.542 e. The zero-order valence-corrected chi connectivity index (χ0v) is 8.67. The number of carbonyl (C=O) groups excluding carboxylic acids is 1. The fourth-order valence-corrected chi connectivity index (χ4v) is 1.00. The third-order valence-electron chi connectivity index (χ3n) is 0.964. The van der Waals surface area contributed by atoms with E-state index >= 15 is 0 Å². The summed E-state index contributed by atoms with van der Waals surface area (Å²) >= 11 is 2.97. The van der Waals surface area contributed by atoms with E-state index < -0.39 is 5.97 Å². The molecule has 1 heterocycles. The Bertz CT molecular complexity index is 276. The van der Waals surface area contributed by atoms with E-state index in [1.807, 2.05) is 0 Å². The number of aromatic nitrogens is 2. The van der Waals surface area contributed by atoms with E-state index in [1.54, 1.807) is 0 Å². The molecule has 0 N–H and O–H groups in total. The van der Waals surface area contributed by atoms with Crippen LogP contribution in [0.5, 0.6) is 0 Å². The quantitative estimate of drug-likeness (QED) is 0.450. The summed E-state index contributed by atoms with van der Waals surface area (Å²) in [4.78, 5) is 13.8. The van der Waals surface area contributed by atoms with Gasteiger partial charge >= 0.3 is 18.9 Å². The van der Waals surface area contributed by atoms with Crippen molar-refractivity contribution in [3.63, 3.8) is 0 Å². The van der Waals surface area contributed by atoms with Crippen LogP contribution in [-0.4, -0.2) is 34.4 Å². The minimum absolute atomic E-state index is 0. The number of halogens is 1. The molecule has 7 heteroatoms. The number of hydrogen-bond acceptors (Lipinski definition) is 3. The first-order chi connectivity index (χ1) is 4.61. The third-order valence-corrected chi connectivity index (χ3v) is 1.32. The SMILES string of the molecule is Cn1[c]c(Br)nc1C(=O)[O-].[Li+].[Li]. The van der Waals surface area contributed by atoms with Crippen LogP contribution in [0.4, 0.5) is 0 Å². The Hall–Kier alpha value is 0.355. The number of aryl methyl sites for hydroxylation is 1. The van der Waals surface area contributed by atoms with Crippen molar-refractivity contribution in [3.8, 4) is 0 Å². The van der Waals surface area contributed by atoms with E-state index in [2.05, 4.69) is 27.1 Å². The smallest absolute Gasteiger partial charge is 0.542 e. The molecule has 0 aromatic carbocycles. The number of carboxylic acid groups (broad SMARTS) is 1. The van der Waals surface area contributed by atoms with Gasteiger partial charge in [-0.15, -0.1) is 0 Å². The maximum absolute atomic E-state index is 10.2. The number of carboxylic acids is 1. The zero-order valence-electron chi connectivity index (χ0n) is 7.09. The van der Waals surface area contributed by atoms with E-state index in [0.29, 0.717) is 4.60 Å². The molecular weight excluding hydrogens is 214 g/mol. The number of carbonyl (C=O) groups is 1. The molecule has 0 amide bonds. The van der Waals surface area contributed by atoms with Gasteiger partial charge in [-0.3, -0.25) is 0 Å². The number of imidazole rings is 1. The molecule has 0 saturated heterocycles. The molecule has 0 aliphatic heterocycles. The van der Waals surface area contributed by atoms with Crippen molar-refractivity contribution in [3.05, 3.63) is 16.6 Å². The molecule has 2 radical (unpaired) electrons. The molecule has 0 unspecified atom stereocenters. The van der Waals surface area contributed by atoms with Gasteiger partial charge in [-0.2, -0.15) is 0 Å². The normalized spacial score (nSPS) is 8.17. The van der Waals surface area contributed by atoms with E-state index in [4.69, 9.17) is 0 Å². The number of hydrogen-bond donors (Lipinski definition) is 0. The van der Waals surface area contributed by atoms with Gasteiger partial charge < -0.3 is 14.5 Å². The van der Waals surface area contributed by atoms with Crippen LogP contribution in [-0.2, 0) is 7.05 Å². The molecule has 1 rings (SSSR count). The summed E-state index contributed by atoms with van der Waals surface area (Å²) in [7, 11) is 1.53. The molecular formula is C5H3BrLi2N2O2. The first-order valence-electron chi connectivity index (χ1n) is 2.44. The summed E-state index contributed by atoms with van der Waals surface area (Å²) in [6.07, 6.45) is 2.59. The van der Waals surface area contributed by atoms with Crippen molar-refractivity contribution in [2.75, 3.05) is 0 Å². The topological polar surface area (TPSA) is 58.0 Å². The van der Waals surface area contributed by atoms with Crippen molar-refractivity contribution < 1.29 is 28.8 Å². The molecule has 12 heavy (non-hydrogen) atoms. The summed E-state index contributed by atoms with van der Waals surface area (Å²) in [5, 5.41) is 10.2. The van der Waals surface area contributed by atoms with Crippen LogP contribution < -0.4 is 24.0 Å². The van der Waals surface area contributed by atoms with Crippen LogP contribution in [0.1, 0.15) is 10.6 Å². The third kappa shape index (κ3) is 3.39. The average Bonchev–Trinajstić information content (AvgIpc) is 2.10. The van der Waals surface area contributed by atoms with E-state index in [0.717, 1.165) is 0 Å². The molecule has 0 spiro atoms.